The number of amides is 1. The van der Waals surface area contributed by atoms with E-state index in [-0.39, 0.29) is 23.0 Å². The minimum absolute atomic E-state index is 0.0959. The molecular formula is C25H23N3O3. The van der Waals surface area contributed by atoms with Gasteiger partial charge in [0.25, 0.3) is 0 Å². The van der Waals surface area contributed by atoms with Crippen molar-refractivity contribution >= 4 is 23.1 Å². The van der Waals surface area contributed by atoms with E-state index in [4.69, 9.17) is 0 Å². The Balaban J connectivity index is 1.63. The molecule has 0 aromatic heterocycles. The predicted molar refractivity (Wildman–Crippen MR) is 120 cm³/mol. The van der Waals surface area contributed by atoms with Gasteiger partial charge in [0.2, 0.25) is 5.91 Å². The van der Waals surface area contributed by atoms with Crippen LogP contribution in [0.2, 0.25) is 0 Å². The molecular weight excluding hydrogens is 390 g/mol. The Labute approximate surface area is 181 Å². The second-order valence-electron chi connectivity index (χ2n) is 6.86. The smallest absolute Gasteiger partial charge is 0.243 e. The lowest BCUT2D eigenvalue weighted by atomic mass is 10.0. The number of carbonyl (C=O) groups is 2. The van der Waals surface area contributed by atoms with E-state index in [1.54, 1.807) is 30.3 Å². The average Bonchev–Trinajstić information content (AvgIpc) is 2.82. The number of benzene rings is 3. The van der Waals surface area contributed by atoms with Crippen LogP contribution in [-0.4, -0.2) is 23.3 Å². The van der Waals surface area contributed by atoms with Crippen LogP contribution >= 0.6 is 0 Å². The zero-order chi connectivity index (χ0) is 22.1. The Morgan fingerprint density at radius 1 is 0.935 bits per heavy atom. The number of ketones is 1. The zero-order valence-electron chi connectivity index (χ0n) is 17.0. The highest BCUT2D eigenvalue weighted by atomic mass is 16.3. The van der Waals surface area contributed by atoms with E-state index in [9.17, 15) is 14.7 Å². The lowest BCUT2D eigenvalue weighted by Gasteiger charge is -2.05. The Morgan fingerprint density at radius 2 is 1.61 bits per heavy atom. The Kier molecular flexibility index (Phi) is 7.43. The molecule has 0 unspecified atom stereocenters. The molecule has 6 heteroatoms. The number of phenolic OH excluding ortho intramolecular Hbond substituents is 1. The van der Waals surface area contributed by atoms with Gasteiger partial charge in [0.05, 0.1) is 16.9 Å². The lowest BCUT2D eigenvalue weighted by molar-refractivity contribution is -0.116. The molecule has 2 N–H and O–H groups in total. The Hall–Kier alpha value is -4.06. The zero-order valence-corrected chi connectivity index (χ0v) is 17.0. The molecule has 156 valence electrons. The van der Waals surface area contributed by atoms with Crippen LogP contribution in [0.25, 0.3) is 0 Å². The number of nitrogens with one attached hydrogen (secondary N) is 1. The van der Waals surface area contributed by atoms with Crippen LogP contribution in [-0.2, 0) is 11.2 Å². The number of hydrogen-bond donors (Lipinski definition) is 2. The molecule has 3 aromatic rings. The van der Waals surface area contributed by atoms with E-state index in [1.807, 2.05) is 30.3 Å². The van der Waals surface area contributed by atoms with Crippen LogP contribution in [0.3, 0.4) is 0 Å². The molecule has 0 saturated heterocycles. The molecule has 0 spiro atoms. The highest BCUT2D eigenvalue weighted by molar-refractivity contribution is 6.11. The summed E-state index contributed by atoms with van der Waals surface area (Å²) >= 11 is 0. The van der Waals surface area contributed by atoms with Crippen molar-refractivity contribution in [2.24, 2.45) is 10.2 Å². The molecule has 1 amide bonds. The van der Waals surface area contributed by atoms with E-state index >= 15 is 0 Å². The van der Waals surface area contributed by atoms with Gasteiger partial charge in [-0.05, 0) is 54.8 Å². The van der Waals surface area contributed by atoms with Gasteiger partial charge in [-0.15, -0.1) is 0 Å². The van der Waals surface area contributed by atoms with Gasteiger partial charge in [-0.25, -0.2) is 0 Å². The van der Waals surface area contributed by atoms with Crippen molar-refractivity contribution in [1.29, 1.82) is 0 Å². The molecule has 0 aliphatic heterocycles. The fraction of sp³-hybridized carbons (Fsp3) is 0.120. The largest absolute Gasteiger partial charge is 0.507 e. The fourth-order valence-electron chi connectivity index (χ4n) is 2.93. The van der Waals surface area contributed by atoms with Gasteiger partial charge in [-0.3, -0.25) is 9.59 Å². The third-order valence-electron chi connectivity index (χ3n) is 4.60. The lowest BCUT2D eigenvalue weighted by Crippen LogP contribution is -2.22. The van der Waals surface area contributed by atoms with Crippen LogP contribution in [0.5, 0.6) is 5.75 Å². The number of azo groups is 1. The van der Waals surface area contributed by atoms with Crippen molar-refractivity contribution in [3.63, 3.8) is 0 Å². The highest BCUT2D eigenvalue weighted by Crippen LogP contribution is 2.27. The van der Waals surface area contributed by atoms with Crippen molar-refractivity contribution in [3.05, 3.63) is 102 Å². The van der Waals surface area contributed by atoms with Crippen LogP contribution in [0.1, 0.15) is 27.9 Å². The number of nitrogens with zero attached hydrogens (tertiary/aromatic N) is 2. The molecule has 3 aromatic carbocycles. The van der Waals surface area contributed by atoms with Gasteiger partial charge in [-0.2, -0.15) is 10.2 Å². The summed E-state index contributed by atoms with van der Waals surface area (Å²) in [6, 6.07) is 21.0. The van der Waals surface area contributed by atoms with Crippen molar-refractivity contribution in [1.82, 2.24) is 5.32 Å². The van der Waals surface area contributed by atoms with Gasteiger partial charge >= 0.3 is 0 Å². The summed E-state index contributed by atoms with van der Waals surface area (Å²) in [6.45, 7) is 4.01. The maximum atomic E-state index is 12.6. The summed E-state index contributed by atoms with van der Waals surface area (Å²) in [7, 11) is 0. The molecule has 0 aliphatic rings. The first-order valence-corrected chi connectivity index (χ1v) is 9.90. The Morgan fingerprint density at radius 3 is 2.32 bits per heavy atom. The average molecular weight is 413 g/mol. The fourth-order valence-corrected chi connectivity index (χ4v) is 2.93. The normalized spacial score (nSPS) is 10.7. The SMILES string of the molecule is C=CC(=O)NCCCc1ccc(N=Nc2ccc(O)c(C(=O)c3ccccc3)c2)cc1. The van der Waals surface area contributed by atoms with Gasteiger partial charge < -0.3 is 10.4 Å². The molecule has 3 rings (SSSR count). The minimum Gasteiger partial charge on any atom is -0.507 e. The first-order valence-electron chi connectivity index (χ1n) is 9.90. The summed E-state index contributed by atoms with van der Waals surface area (Å²) in [6.07, 6.45) is 2.92. The molecule has 0 saturated carbocycles. The number of rotatable bonds is 9. The van der Waals surface area contributed by atoms with E-state index in [1.165, 1.54) is 18.2 Å². The second-order valence-corrected chi connectivity index (χ2v) is 6.86. The van der Waals surface area contributed by atoms with Crippen molar-refractivity contribution in [3.8, 4) is 5.75 Å². The van der Waals surface area contributed by atoms with E-state index in [0.29, 0.717) is 23.5 Å². The predicted octanol–water partition coefficient (Wildman–Crippen LogP) is 5.27. The standard InChI is InChI=1S/C25H23N3O3/c1-2-24(30)26-16-6-7-18-10-12-20(13-11-18)27-28-21-14-15-23(29)22(17-21)25(31)19-8-4-3-5-9-19/h2-5,8-15,17,29H,1,6-7,16H2,(H,26,30). The molecule has 0 atom stereocenters. The molecule has 0 bridgehead atoms. The maximum Gasteiger partial charge on any atom is 0.243 e. The summed E-state index contributed by atoms with van der Waals surface area (Å²) in [5, 5.41) is 21.2. The van der Waals surface area contributed by atoms with Gasteiger partial charge in [0, 0.05) is 12.1 Å². The monoisotopic (exact) mass is 413 g/mol. The minimum atomic E-state index is -0.274. The first kappa shape index (κ1) is 21.6. The van der Waals surface area contributed by atoms with Crippen molar-refractivity contribution in [2.45, 2.75) is 12.8 Å². The quantitative estimate of drug-likeness (QED) is 0.217. The van der Waals surface area contributed by atoms with Crippen LogP contribution in [0.4, 0.5) is 11.4 Å². The summed E-state index contributed by atoms with van der Waals surface area (Å²) in [4.78, 5) is 23.8. The summed E-state index contributed by atoms with van der Waals surface area (Å²) in [5.74, 6) is -0.538. The number of hydrogen-bond acceptors (Lipinski definition) is 5. The number of aryl methyl sites for hydroxylation is 1. The van der Waals surface area contributed by atoms with E-state index < -0.39 is 0 Å². The van der Waals surface area contributed by atoms with Gasteiger partial charge in [0.15, 0.2) is 5.78 Å². The molecule has 0 heterocycles. The summed E-state index contributed by atoms with van der Waals surface area (Å²) < 4.78 is 0. The van der Waals surface area contributed by atoms with Crippen molar-refractivity contribution in [2.75, 3.05) is 6.54 Å². The van der Waals surface area contributed by atoms with E-state index in [0.717, 1.165) is 18.4 Å². The van der Waals surface area contributed by atoms with Crippen LogP contribution in [0, 0.1) is 0 Å². The van der Waals surface area contributed by atoms with Crippen molar-refractivity contribution < 1.29 is 14.7 Å². The third kappa shape index (κ3) is 6.21. The third-order valence-corrected chi connectivity index (χ3v) is 4.60. The Bertz CT molecular complexity index is 1090. The number of carbonyl (C=O) groups excluding carboxylic acids is 2. The summed E-state index contributed by atoms with van der Waals surface area (Å²) in [5.41, 5.74) is 2.95. The van der Waals surface area contributed by atoms with Crippen LogP contribution < -0.4 is 5.32 Å². The van der Waals surface area contributed by atoms with Gasteiger partial charge in [0.1, 0.15) is 5.75 Å². The molecule has 0 fully saturated rings. The molecule has 0 aliphatic carbocycles. The topological polar surface area (TPSA) is 91.1 Å². The highest BCUT2D eigenvalue weighted by Gasteiger charge is 2.14. The second kappa shape index (κ2) is 10.6. The molecule has 0 radical (unpaired) electrons. The first-order chi connectivity index (χ1) is 15.1. The maximum absolute atomic E-state index is 12.6. The van der Waals surface area contributed by atoms with Crippen LogP contribution in [0.15, 0.2) is 95.7 Å². The number of aromatic hydroxyl groups is 1. The van der Waals surface area contributed by atoms with E-state index in [2.05, 4.69) is 22.1 Å². The van der Waals surface area contributed by atoms with Gasteiger partial charge in [-0.1, -0.05) is 49.0 Å². The molecule has 6 nitrogen and oxygen atoms in total. The molecule has 31 heavy (non-hydrogen) atoms. The number of phenols is 1.